The van der Waals surface area contributed by atoms with Crippen molar-refractivity contribution in [1.82, 2.24) is 19.8 Å². The second-order valence-corrected chi connectivity index (χ2v) is 5.23. The summed E-state index contributed by atoms with van der Waals surface area (Å²) >= 11 is 0. The van der Waals surface area contributed by atoms with Gasteiger partial charge in [0.05, 0.1) is 17.3 Å². The Morgan fingerprint density at radius 2 is 2.45 bits per heavy atom. The number of likely N-dealkylation sites (N-methyl/N-ethyl adjacent to an activating group) is 1. The van der Waals surface area contributed by atoms with E-state index in [1.54, 1.807) is 10.7 Å². The van der Waals surface area contributed by atoms with E-state index >= 15 is 0 Å². The van der Waals surface area contributed by atoms with Crippen molar-refractivity contribution in [3.8, 4) is 0 Å². The summed E-state index contributed by atoms with van der Waals surface area (Å²) in [4.78, 5) is 14.6. The molecule has 2 aromatic heterocycles. The molecule has 1 atom stereocenters. The van der Waals surface area contributed by atoms with Crippen molar-refractivity contribution in [1.29, 1.82) is 0 Å². The van der Waals surface area contributed by atoms with Crippen LogP contribution in [-0.4, -0.2) is 46.1 Å². The molecule has 1 aliphatic rings. The van der Waals surface area contributed by atoms with Gasteiger partial charge in [-0.25, -0.2) is 4.52 Å². The van der Waals surface area contributed by atoms with E-state index in [9.17, 15) is 4.79 Å². The van der Waals surface area contributed by atoms with Gasteiger partial charge in [-0.3, -0.25) is 4.79 Å². The predicted molar refractivity (Wildman–Crippen MR) is 77.8 cm³/mol. The lowest BCUT2D eigenvalue weighted by atomic mass is 10.2. The lowest BCUT2D eigenvalue weighted by Gasteiger charge is -2.24. The maximum atomic E-state index is 12.7. The molecule has 3 heterocycles. The molecule has 1 aliphatic heterocycles. The maximum absolute atomic E-state index is 12.7. The Morgan fingerprint density at radius 1 is 1.55 bits per heavy atom. The van der Waals surface area contributed by atoms with Crippen molar-refractivity contribution >= 4 is 11.4 Å². The number of nitrogens with zero attached hydrogens (tertiary/aromatic N) is 3. The topological polar surface area (TPSA) is 49.6 Å². The molecule has 5 nitrogen and oxygen atoms in total. The summed E-state index contributed by atoms with van der Waals surface area (Å²) in [6.07, 6.45) is 5.88. The largest absolute Gasteiger partial charge is 0.337 e. The summed E-state index contributed by atoms with van der Waals surface area (Å²) < 4.78 is 1.74. The highest BCUT2D eigenvalue weighted by Gasteiger charge is 2.23. The number of amides is 1. The minimum atomic E-state index is 0.0717. The Morgan fingerprint density at radius 3 is 3.20 bits per heavy atom. The van der Waals surface area contributed by atoms with E-state index in [1.807, 2.05) is 36.2 Å². The van der Waals surface area contributed by atoms with E-state index in [1.165, 1.54) is 6.42 Å². The van der Waals surface area contributed by atoms with E-state index in [4.69, 9.17) is 0 Å². The molecular weight excluding hydrogens is 252 g/mol. The first kappa shape index (κ1) is 13.1. The third-order valence-corrected chi connectivity index (χ3v) is 3.93. The van der Waals surface area contributed by atoms with E-state index < -0.39 is 0 Å². The minimum absolute atomic E-state index is 0.0717. The fourth-order valence-corrected chi connectivity index (χ4v) is 2.80. The zero-order valence-electron chi connectivity index (χ0n) is 11.7. The highest BCUT2D eigenvalue weighted by atomic mass is 16.2. The van der Waals surface area contributed by atoms with Gasteiger partial charge in [0.15, 0.2) is 0 Å². The van der Waals surface area contributed by atoms with Crippen LogP contribution in [0.15, 0.2) is 30.6 Å². The first-order chi connectivity index (χ1) is 9.79. The molecule has 1 N–H and O–H groups in total. The minimum Gasteiger partial charge on any atom is -0.337 e. The summed E-state index contributed by atoms with van der Waals surface area (Å²) in [6.45, 7) is 4.59. The van der Waals surface area contributed by atoms with Crippen LogP contribution in [-0.2, 0) is 0 Å². The Hall–Kier alpha value is -1.88. The standard InChI is InChI=1S/C15H20N4O/c1-2-18(11-12-6-5-8-16-12)15(20)13-10-17-19-9-4-3-7-14(13)19/h3-4,7,9-10,12,16H,2,5-6,8,11H2,1H3. The van der Waals surface area contributed by atoms with E-state index in [0.29, 0.717) is 11.6 Å². The smallest absolute Gasteiger partial charge is 0.257 e. The monoisotopic (exact) mass is 272 g/mol. The highest BCUT2D eigenvalue weighted by molar-refractivity contribution is 6.00. The van der Waals surface area contributed by atoms with Crippen LogP contribution < -0.4 is 5.32 Å². The van der Waals surface area contributed by atoms with Crippen LogP contribution in [0.3, 0.4) is 0 Å². The van der Waals surface area contributed by atoms with Gasteiger partial charge in [0.1, 0.15) is 0 Å². The average molecular weight is 272 g/mol. The van der Waals surface area contributed by atoms with Gasteiger partial charge in [-0.2, -0.15) is 5.10 Å². The number of pyridine rings is 1. The summed E-state index contributed by atoms with van der Waals surface area (Å²) in [5, 5.41) is 7.69. The van der Waals surface area contributed by atoms with Crippen molar-refractivity contribution in [3.05, 3.63) is 36.2 Å². The Kier molecular flexibility index (Phi) is 3.69. The van der Waals surface area contributed by atoms with Crippen LogP contribution in [0.2, 0.25) is 0 Å². The average Bonchev–Trinajstić information content (AvgIpc) is 3.13. The first-order valence-corrected chi connectivity index (χ1v) is 7.24. The second-order valence-electron chi connectivity index (χ2n) is 5.23. The number of hydrogen-bond donors (Lipinski definition) is 1. The molecule has 1 unspecified atom stereocenters. The molecule has 0 aromatic carbocycles. The molecule has 5 heteroatoms. The number of carbonyl (C=O) groups excluding carboxylic acids is 1. The molecule has 0 aliphatic carbocycles. The summed E-state index contributed by atoms with van der Waals surface area (Å²) in [5.41, 5.74) is 1.56. The lowest BCUT2D eigenvalue weighted by molar-refractivity contribution is 0.0753. The SMILES string of the molecule is CCN(CC1CCCN1)C(=O)c1cnn2ccccc12. The Labute approximate surface area is 118 Å². The molecule has 2 aromatic rings. The molecule has 106 valence electrons. The van der Waals surface area contributed by atoms with Crippen LogP contribution in [0.4, 0.5) is 0 Å². The molecule has 0 radical (unpaired) electrons. The van der Waals surface area contributed by atoms with E-state index in [2.05, 4.69) is 10.4 Å². The number of nitrogens with one attached hydrogen (secondary N) is 1. The zero-order chi connectivity index (χ0) is 13.9. The number of rotatable bonds is 4. The van der Waals surface area contributed by atoms with Crippen LogP contribution in [0, 0.1) is 0 Å². The van der Waals surface area contributed by atoms with Crippen molar-refractivity contribution in [2.24, 2.45) is 0 Å². The highest BCUT2D eigenvalue weighted by Crippen LogP contribution is 2.14. The summed E-state index contributed by atoms with van der Waals surface area (Å²) in [7, 11) is 0. The van der Waals surface area contributed by atoms with E-state index in [0.717, 1.165) is 31.6 Å². The molecule has 1 amide bonds. The van der Waals surface area contributed by atoms with Crippen molar-refractivity contribution in [3.63, 3.8) is 0 Å². The third-order valence-electron chi connectivity index (χ3n) is 3.93. The molecule has 0 bridgehead atoms. The quantitative estimate of drug-likeness (QED) is 0.918. The third kappa shape index (κ3) is 2.41. The zero-order valence-corrected chi connectivity index (χ0v) is 11.7. The van der Waals surface area contributed by atoms with Gasteiger partial charge >= 0.3 is 0 Å². The summed E-state index contributed by atoms with van der Waals surface area (Å²) in [6, 6.07) is 6.21. The maximum Gasteiger partial charge on any atom is 0.257 e. The molecule has 1 fully saturated rings. The van der Waals surface area contributed by atoms with Gasteiger partial charge in [-0.05, 0) is 38.4 Å². The van der Waals surface area contributed by atoms with Crippen LogP contribution in [0.25, 0.3) is 5.52 Å². The predicted octanol–water partition coefficient (Wildman–Crippen LogP) is 1.55. The van der Waals surface area contributed by atoms with Gasteiger partial charge in [-0.1, -0.05) is 6.07 Å². The lowest BCUT2D eigenvalue weighted by Crippen LogP contribution is -2.41. The van der Waals surface area contributed by atoms with Crippen LogP contribution in [0.5, 0.6) is 0 Å². The second kappa shape index (κ2) is 5.63. The fraction of sp³-hybridized carbons (Fsp3) is 0.467. The van der Waals surface area contributed by atoms with Crippen molar-refractivity contribution in [2.45, 2.75) is 25.8 Å². The van der Waals surface area contributed by atoms with Crippen LogP contribution >= 0.6 is 0 Å². The van der Waals surface area contributed by atoms with Crippen molar-refractivity contribution in [2.75, 3.05) is 19.6 Å². The molecular formula is C15H20N4O. The Bertz CT molecular complexity index is 601. The fourth-order valence-electron chi connectivity index (χ4n) is 2.80. The van der Waals surface area contributed by atoms with Crippen LogP contribution in [0.1, 0.15) is 30.1 Å². The Balaban J connectivity index is 1.82. The van der Waals surface area contributed by atoms with Gasteiger partial charge in [0.2, 0.25) is 0 Å². The van der Waals surface area contributed by atoms with Gasteiger partial charge in [0, 0.05) is 25.3 Å². The number of carbonyl (C=O) groups is 1. The van der Waals surface area contributed by atoms with Crippen molar-refractivity contribution < 1.29 is 4.79 Å². The normalized spacial score (nSPS) is 18.6. The molecule has 0 spiro atoms. The molecule has 1 saturated heterocycles. The first-order valence-electron chi connectivity index (χ1n) is 7.24. The summed E-state index contributed by atoms with van der Waals surface area (Å²) in [5.74, 6) is 0.0717. The number of hydrogen-bond acceptors (Lipinski definition) is 3. The van der Waals surface area contributed by atoms with Gasteiger partial charge in [0.25, 0.3) is 5.91 Å². The number of aromatic nitrogens is 2. The van der Waals surface area contributed by atoms with Gasteiger partial charge in [-0.15, -0.1) is 0 Å². The molecule has 20 heavy (non-hydrogen) atoms. The molecule has 0 saturated carbocycles. The van der Waals surface area contributed by atoms with Gasteiger partial charge < -0.3 is 10.2 Å². The molecule has 3 rings (SSSR count). The van der Waals surface area contributed by atoms with E-state index in [-0.39, 0.29) is 5.91 Å². The number of fused-ring (bicyclic) bond motifs is 1.